The zero-order valence-corrected chi connectivity index (χ0v) is 12.7. The highest BCUT2D eigenvalue weighted by molar-refractivity contribution is 9.10. The molecule has 2 N–H and O–H groups in total. The molecule has 2 aromatic rings. The first kappa shape index (κ1) is 14.2. The lowest BCUT2D eigenvalue weighted by Crippen LogP contribution is -2.35. The number of hydrogen-bond donors (Lipinski definition) is 1. The molecule has 0 amide bonds. The minimum absolute atomic E-state index is 0.216. The van der Waals surface area contributed by atoms with Crippen LogP contribution in [0, 0.1) is 12.7 Å². The van der Waals surface area contributed by atoms with Gasteiger partial charge in [-0.05, 0) is 61.2 Å². The van der Waals surface area contributed by atoms with Crippen molar-refractivity contribution in [2.24, 2.45) is 5.73 Å². The third kappa shape index (κ3) is 3.43. The molecule has 0 saturated heterocycles. The maximum atomic E-state index is 13.3. The van der Waals surface area contributed by atoms with Crippen LogP contribution in [-0.4, -0.2) is 0 Å². The first-order chi connectivity index (χ1) is 8.88. The van der Waals surface area contributed by atoms with Crippen molar-refractivity contribution in [1.29, 1.82) is 0 Å². The van der Waals surface area contributed by atoms with Crippen LogP contribution >= 0.6 is 15.9 Å². The minimum Gasteiger partial charge on any atom is -0.321 e. The summed E-state index contributed by atoms with van der Waals surface area (Å²) in [6.45, 7) is 3.95. The Labute approximate surface area is 121 Å². The molecule has 0 radical (unpaired) electrons. The Morgan fingerprint density at radius 1 is 1.16 bits per heavy atom. The molecule has 0 fully saturated rings. The molecule has 3 heteroatoms. The molecule has 0 aliphatic heterocycles. The van der Waals surface area contributed by atoms with Gasteiger partial charge >= 0.3 is 0 Å². The summed E-state index contributed by atoms with van der Waals surface area (Å²) in [6, 6.07) is 12.8. The molecule has 1 atom stereocenters. The van der Waals surface area contributed by atoms with Gasteiger partial charge in [-0.1, -0.05) is 34.1 Å². The molecular weight excluding hydrogens is 305 g/mol. The summed E-state index contributed by atoms with van der Waals surface area (Å²) >= 11 is 3.41. The number of benzene rings is 2. The first-order valence-electron chi connectivity index (χ1n) is 6.18. The molecule has 0 aliphatic rings. The van der Waals surface area contributed by atoms with Gasteiger partial charge in [0, 0.05) is 10.0 Å². The van der Waals surface area contributed by atoms with Crippen LogP contribution < -0.4 is 5.73 Å². The lowest BCUT2D eigenvalue weighted by molar-refractivity contribution is 0.488. The maximum Gasteiger partial charge on any atom is 0.123 e. The summed E-state index contributed by atoms with van der Waals surface area (Å²) in [6.07, 6.45) is 0.609. The van der Waals surface area contributed by atoms with Crippen molar-refractivity contribution in [2.45, 2.75) is 25.8 Å². The Balaban J connectivity index is 2.30. The molecule has 1 nitrogen and oxygen atoms in total. The summed E-state index contributed by atoms with van der Waals surface area (Å²) in [7, 11) is 0. The van der Waals surface area contributed by atoms with Gasteiger partial charge in [0.25, 0.3) is 0 Å². The monoisotopic (exact) mass is 321 g/mol. The van der Waals surface area contributed by atoms with Crippen molar-refractivity contribution in [3.63, 3.8) is 0 Å². The van der Waals surface area contributed by atoms with Gasteiger partial charge in [-0.25, -0.2) is 4.39 Å². The molecule has 0 bridgehead atoms. The molecule has 0 heterocycles. The number of aryl methyl sites for hydroxylation is 1. The van der Waals surface area contributed by atoms with Crippen molar-refractivity contribution in [3.8, 4) is 0 Å². The highest BCUT2D eigenvalue weighted by Gasteiger charge is 2.22. The normalized spacial score (nSPS) is 14.2. The Kier molecular flexibility index (Phi) is 4.07. The van der Waals surface area contributed by atoms with E-state index in [0.29, 0.717) is 6.42 Å². The zero-order chi connectivity index (χ0) is 14.0. The fourth-order valence-electron chi connectivity index (χ4n) is 2.16. The summed E-state index contributed by atoms with van der Waals surface area (Å²) in [5, 5.41) is 0. The second kappa shape index (κ2) is 5.43. The predicted octanol–water partition coefficient (Wildman–Crippen LogP) is 4.31. The quantitative estimate of drug-likeness (QED) is 0.895. The second-order valence-corrected chi connectivity index (χ2v) is 6.09. The van der Waals surface area contributed by atoms with E-state index in [9.17, 15) is 4.39 Å². The van der Waals surface area contributed by atoms with Crippen molar-refractivity contribution in [2.75, 3.05) is 0 Å². The number of rotatable bonds is 3. The van der Waals surface area contributed by atoms with E-state index in [4.69, 9.17) is 5.73 Å². The van der Waals surface area contributed by atoms with Crippen LogP contribution in [0.25, 0.3) is 0 Å². The van der Waals surface area contributed by atoms with Gasteiger partial charge in [-0.2, -0.15) is 0 Å². The largest absolute Gasteiger partial charge is 0.321 e. The molecule has 1 unspecified atom stereocenters. The van der Waals surface area contributed by atoms with Crippen molar-refractivity contribution < 1.29 is 4.39 Å². The van der Waals surface area contributed by atoms with Crippen LogP contribution in [0.1, 0.15) is 23.6 Å². The Hall–Kier alpha value is -1.19. The van der Waals surface area contributed by atoms with Gasteiger partial charge in [0.1, 0.15) is 5.82 Å². The molecule has 0 spiro atoms. The van der Waals surface area contributed by atoms with Crippen LogP contribution in [0.5, 0.6) is 0 Å². The van der Waals surface area contributed by atoms with E-state index in [0.717, 1.165) is 21.2 Å². The van der Waals surface area contributed by atoms with E-state index in [-0.39, 0.29) is 5.82 Å². The topological polar surface area (TPSA) is 26.0 Å². The number of hydrogen-bond acceptors (Lipinski definition) is 1. The minimum atomic E-state index is -0.515. The standard InChI is InChI=1S/C16H17BrFN/c1-11-3-8-15(18)9-12(11)10-16(2,19)13-4-6-14(17)7-5-13/h3-9H,10,19H2,1-2H3. The smallest absolute Gasteiger partial charge is 0.123 e. The Morgan fingerprint density at radius 3 is 2.42 bits per heavy atom. The molecule has 19 heavy (non-hydrogen) atoms. The molecule has 2 rings (SSSR count). The number of halogens is 2. The van der Waals surface area contributed by atoms with Crippen LogP contribution in [0.3, 0.4) is 0 Å². The van der Waals surface area contributed by atoms with Gasteiger partial charge in [0.05, 0.1) is 0 Å². The maximum absolute atomic E-state index is 13.3. The average molecular weight is 322 g/mol. The average Bonchev–Trinajstić information content (AvgIpc) is 2.34. The van der Waals surface area contributed by atoms with Crippen molar-refractivity contribution in [1.82, 2.24) is 0 Å². The zero-order valence-electron chi connectivity index (χ0n) is 11.1. The van der Waals surface area contributed by atoms with Gasteiger partial charge in [0.2, 0.25) is 0 Å². The second-order valence-electron chi connectivity index (χ2n) is 5.17. The Bertz CT molecular complexity index is 576. The third-order valence-corrected chi connectivity index (χ3v) is 3.90. The van der Waals surface area contributed by atoms with E-state index in [2.05, 4.69) is 15.9 Å². The van der Waals surface area contributed by atoms with Crippen LogP contribution in [0.4, 0.5) is 4.39 Å². The highest BCUT2D eigenvalue weighted by Crippen LogP contribution is 2.26. The van der Waals surface area contributed by atoms with Gasteiger partial charge in [0.15, 0.2) is 0 Å². The Morgan fingerprint density at radius 2 is 1.79 bits per heavy atom. The van der Waals surface area contributed by atoms with Gasteiger partial charge < -0.3 is 5.73 Å². The van der Waals surface area contributed by atoms with Gasteiger partial charge in [-0.15, -0.1) is 0 Å². The number of nitrogens with two attached hydrogens (primary N) is 1. The summed E-state index contributed by atoms with van der Waals surface area (Å²) in [5.41, 5.74) is 8.94. The molecule has 100 valence electrons. The van der Waals surface area contributed by atoms with E-state index < -0.39 is 5.54 Å². The molecule has 2 aromatic carbocycles. The molecular formula is C16H17BrFN. The summed E-state index contributed by atoms with van der Waals surface area (Å²) in [4.78, 5) is 0. The molecule has 0 saturated carbocycles. The van der Waals surface area contributed by atoms with E-state index in [1.807, 2.05) is 38.1 Å². The summed E-state index contributed by atoms with van der Waals surface area (Å²) < 4.78 is 14.4. The molecule has 0 aromatic heterocycles. The van der Waals surface area contributed by atoms with Crippen LogP contribution in [-0.2, 0) is 12.0 Å². The fraction of sp³-hybridized carbons (Fsp3) is 0.250. The van der Waals surface area contributed by atoms with E-state index in [1.165, 1.54) is 6.07 Å². The van der Waals surface area contributed by atoms with Crippen LogP contribution in [0.2, 0.25) is 0 Å². The van der Waals surface area contributed by atoms with Crippen LogP contribution in [0.15, 0.2) is 46.9 Å². The third-order valence-electron chi connectivity index (χ3n) is 3.37. The molecule has 0 aliphatic carbocycles. The SMILES string of the molecule is Cc1ccc(F)cc1CC(C)(N)c1ccc(Br)cc1. The van der Waals surface area contributed by atoms with Crippen molar-refractivity contribution >= 4 is 15.9 Å². The predicted molar refractivity (Wildman–Crippen MR) is 80.5 cm³/mol. The van der Waals surface area contributed by atoms with Crippen molar-refractivity contribution in [3.05, 3.63) is 69.4 Å². The fourth-order valence-corrected chi connectivity index (χ4v) is 2.42. The van der Waals surface area contributed by atoms with E-state index in [1.54, 1.807) is 12.1 Å². The van der Waals surface area contributed by atoms with Gasteiger partial charge in [-0.3, -0.25) is 0 Å². The van der Waals surface area contributed by atoms with E-state index >= 15 is 0 Å². The highest BCUT2D eigenvalue weighted by atomic mass is 79.9. The first-order valence-corrected chi connectivity index (χ1v) is 6.98. The summed E-state index contributed by atoms with van der Waals surface area (Å²) in [5.74, 6) is -0.216. The lowest BCUT2D eigenvalue weighted by Gasteiger charge is -2.26. The lowest BCUT2D eigenvalue weighted by atomic mass is 9.85.